The highest BCUT2D eigenvalue weighted by Gasteiger charge is 2.29. The molecule has 0 aromatic carbocycles. The molecule has 11 heteroatoms. The van der Waals surface area contributed by atoms with Gasteiger partial charge in [0, 0.05) is 11.8 Å². The third kappa shape index (κ3) is 3.97. The molecule has 1 amide bonds. The lowest BCUT2D eigenvalue weighted by Crippen LogP contribution is -2.14. The number of nitriles is 1. The first-order valence-corrected chi connectivity index (χ1v) is 9.37. The fourth-order valence-electron chi connectivity index (χ4n) is 2.16. The van der Waals surface area contributed by atoms with Crippen LogP contribution in [0.2, 0.25) is 0 Å². The maximum absolute atomic E-state index is 14.4. The van der Waals surface area contributed by atoms with Crippen molar-refractivity contribution in [2.75, 3.05) is 17.7 Å². The molecule has 26 heavy (non-hydrogen) atoms. The zero-order chi connectivity index (χ0) is 18.5. The van der Waals surface area contributed by atoms with E-state index in [-0.39, 0.29) is 23.2 Å². The summed E-state index contributed by atoms with van der Waals surface area (Å²) in [5, 5.41) is 15.5. The van der Waals surface area contributed by atoms with Crippen molar-refractivity contribution in [1.29, 1.82) is 5.26 Å². The molecule has 2 aromatic rings. The zero-order valence-corrected chi connectivity index (χ0v) is 15.2. The summed E-state index contributed by atoms with van der Waals surface area (Å²) in [4.78, 5) is 19.4. The number of ether oxygens (including phenoxy) is 1. The van der Waals surface area contributed by atoms with E-state index >= 15 is 0 Å². The number of hydrogen-bond donors (Lipinski definition) is 1. The first kappa shape index (κ1) is 18.2. The van der Waals surface area contributed by atoms with Crippen LogP contribution < -0.4 is 5.32 Å². The lowest BCUT2D eigenvalue weighted by Gasteiger charge is -2.10. The molecule has 1 aliphatic heterocycles. The molecule has 0 saturated carbocycles. The number of nitrogens with one attached hydrogen (secondary N) is 1. The fraction of sp³-hybridized carbons (Fsp3) is 0.267. The normalized spacial score (nSPS) is 18.3. The molecule has 0 radical (unpaired) electrons. The zero-order valence-electron chi connectivity index (χ0n) is 13.5. The minimum atomic E-state index is -0.663. The second-order valence-electron chi connectivity index (χ2n) is 4.94. The van der Waals surface area contributed by atoms with Gasteiger partial charge in [-0.25, -0.2) is 18.9 Å². The largest absolute Gasteiger partial charge is 0.450 e. The van der Waals surface area contributed by atoms with Crippen molar-refractivity contribution in [2.24, 2.45) is 0 Å². The van der Waals surface area contributed by atoms with Gasteiger partial charge in [-0.15, -0.1) is 23.5 Å². The van der Waals surface area contributed by atoms with Gasteiger partial charge in [-0.1, -0.05) is 0 Å². The average Bonchev–Trinajstić information content (AvgIpc) is 3.29. The number of anilines is 1. The number of thioether (sulfide) groups is 2. The van der Waals surface area contributed by atoms with Crippen LogP contribution >= 0.6 is 23.5 Å². The van der Waals surface area contributed by atoms with Crippen molar-refractivity contribution in [3.8, 4) is 6.07 Å². The second kappa shape index (κ2) is 8.20. The second-order valence-corrected chi connectivity index (χ2v) is 7.44. The Balaban J connectivity index is 1.77. The summed E-state index contributed by atoms with van der Waals surface area (Å²) in [6.07, 6.45) is 3.50. The number of rotatable bonds is 4. The third-order valence-electron chi connectivity index (χ3n) is 3.26. The number of pyridine rings is 1. The van der Waals surface area contributed by atoms with Gasteiger partial charge < -0.3 is 4.74 Å². The monoisotopic (exact) mass is 392 g/mol. The molecule has 1 saturated heterocycles. The average molecular weight is 392 g/mol. The van der Waals surface area contributed by atoms with Crippen molar-refractivity contribution in [1.82, 2.24) is 19.7 Å². The fourth-order valence-corrected chi connectivity index (χ4v) is 4.99. The van der Waals surface area contributed by atoms with E-state index in [9.17, 15) is 14.4 Å². The van der Waals surface area contributed by atoms with E-state index in [1.165, 1.54) is 53.1 Å². The predicted octanol–water partition coefficient (Wildman–Crippen LogP) is 3.25. The number of amides is 1. The number of carbonyl (C=O) groups excluding carboxylic acids is 1. The van der Waals surface area contributed by atoms with Crippen LogP contribution in [0.4, 0.5) is 14.9 Å². The van der Waals surface area contributed by atoms with Crippen molar-refractivity contribution in [3.05, 3.63) is 40.7 Å². The van der Waals surface area contributed by atoms with Gasteiger partial charge in [0.2, 0.25) is 0 Å². The quantitative estimate of drug-likeness (QED) is 0.791. The first-order chi connectivity index (χ1) is 12.6. The van der Waals surface area contributed by atoms with Gasteiger partial charge in [-0.05, 0) is 6.92 Å². The van der Waals surface area contributed by atoms with Crippen LogP contribution in [0, 0.1) is 17.1 Å². The van der Waals surface area contributed by atoms with Gasteiger partial charge in [0.25, 0.3) is 0 Å². The molecule has 1 aliphatic rings. The Morgan fingerprint density at radius 2 is 2.46 bits per heavy atom. The summed E-state index contributed by atoms with van der Waals surface area (Å²) in [5.41, 5.74) is 0.834. The van der Waals surface area contributed by atoms with Crippen LogP contribution in [0.3, 0.4) is 0 Å². The van der Waals surface area contributed by atoms with Crippen LogP contribution in [0.25, 0.3) is 5.70 Å². The van der Waals surface area contributed by atoms with E-state index in [4.69, 9.17) is 4.74 Å². The van der Waals surface area contributed by atoms with Gasteiger partial charge in [0.1, 0.15) is 24.5 Å². The van der Waals surface area contributed by atoms with Crippen LogP contribution in [-0.2, 0) is 4.74 Å². The molecule has 3 heterocycles. The number of hydrogen-bond acceptors (Lipinski definition) is 8. The van der Waals surface area contributed by atoms with E-state index in [0.29, 0.717) is 11.4 Å². The van der Waals surface area contributed by atoms with Crippen LogP contribution in [0.5, 0.6) is 0 Å². The SMILES string of the molecule is CCOC(=O)Nc1cnc(C2CS/C(=C(/C#N)n3cncn3)S2)c(F)c1. The molecule has 2 aromatic heterocycles. The van der Waals surface area contributed by atoms with Crippen molar-refractivity contribution >= 4 is 41.0 Å². The Labute approximate surface area is 156 Å². The van der Waals surface area contributed by atoms with Crippen molar-refractivity contribution < 1.29 is 13.9 Å². The summed E-state index contributed by atoms with van der Waals surface area (Å²) in [7, 11) is 0. The summed E-state index contributed by atoms with van der Waals surface area (Å²) in [5.74, 6) is 0.0342. The van der Waals surface area contributed by atoms with Gasteiger partial charge >= 0.3 is 6.09 Å². The van der Waals surface area contributed by atoms with E-state index in [2.05, 4.69) is 26.5 Å². The Morgan fingerprint density at radius 1 is 1.62 bits per heavy atom. The van der Waals surface area contributed by atoms with Gasteiger partial charge in [-0.3, -0.25) is 10.3 Å². The van der Waals surface area contributed by atoms with Gasteiger partial charge in [0.15, 0.2) is 5.70 Å². The molecule has 134 valence electrons. The smallest absolute Gasteiger partial charge is 0.411 e. The van der Waals surface area contributed by atoms with Crippen LogP contribution in [0.1, 0.15) is 17.9 Å². The first-order valence-electron chi connectivity index (χ1n) is 7.50. The number of aromatic nitrogens is 4. The van der Waals surface area contributed by atoms with E-state index < -0.39 is 11.9 Å². The number of halogens is 1. The predicted molar refractivity (Wildman–Crippen MR) is 96.5 cm³/mol. The van der Waals surface area contributed by atoms with Gasteiger partial charge in [0.05, 0.1) is 33.7 Å². The standard InChI is InChI=1S/C15H13FN6O2S2/c1-2-24-15(23)21-9-3-10(16)13(19-5-9)12-6-25-14(26-12)11(4-17)22-8-18-7-20-22/h3,5,7-8,12H,2,6H2,1H3,(H,21,23)/b14-11+. The van der Waals surface area contributed by atoms with E-state index in [1.807, 2.05) is 0 Å². The highest BCUT2D eigenvalue weighted by Crippen LogP contribution is 2.51. The summed E-state index contributed by atoms with van der Waals surface area (Å²) >= 11 is 2.80. The molecule has 0 bridgehead atoms. The molecule has 0 aliphatic carbocycles. The Morgan fingerprint density at radius 3 is 3.12 bits per heavy atom. The molecular weight excluding hydrogens is 379 g/mol. The molecule has 1 atom stereocenters. The van der Waals surface area contributed by atoms with E-state index in [0.717, 1.165) is 4.24 Å². The number of nitrogens with zero attached hydrogens (tertiary/aromatic N) is 5. The topological polar surface area (TPSA) is 106 Å². The summed E-state index contributed by atoms with van der Waals surface area (Å²) in [6, 6.07) is 3.30. The summed E-state index contributed by atoms with van der Waals surface area (Å²) < 4.78 is 21.3. The minimum Gasteiger partial charge on any atom is -0.450 e. The van der Waals surface area contributed by atoms with E-state index in [1.54, 1.807) is 6.92 Å². The lowest BCUT2D eigenvalue weighted by atomic mass is 10.2. The highest BCUT2D eigenvalue weighted by molar-refractivity contribution is 8.25. The number of carbonyl (C=O) groups is 1. The molecule has 8 nitrogen and oxygen atoms in total. The minimum absolute atomic E-state index is 0.219. The maximum atomic E-state index is 14.4. The van der Waals surface area contributed by atoms with Crippen molar-refractivity contribution in [2.45, 2.75) is 12.2 Å². The molecular formula is C15H13FN6O2S2. The third-order valence-corrected chi connectivity index (χ3v) is 6.15. The molecule has 0 spiro atoms. The molecule has 1 fully saturated rings. The number of allylic oxidation sites excluding steroid dienone is 1. The van der Waals surface area contributed by atoms with Crippen LogP contribution in [-0.4, -0.2) is 38.2 Å². The Bertz CT molecular complexity index is 881. The Kier molecular flexibility index (Phi) is 5.75. The summed E-state index contributed by atoms with van der Waals surface area (Å²) in [6.45, 7) is 1.90. The molecule has 1 N–H and O–H groups in total. The Hall–Kier alpha value is -2.58. The van der Waals surface area contributed by atoms with Crippen molar-refractivity contribution in [3.63, 3.8) is 0 Å². The highest BCUT2D eigenvalue weighted by atomic mass is 32.2. The van der Waals surface area contributed by atoms with Crippen LogP contribution in [0.15, 0.2) is 29.2 Å². The van der Waals surface area contributed by atoms with Gasteiger partial charge in [-0.2, -0.15) is 10.4 Å². The maximum Gasteiger partial charge on any atom is 0.411 e. The molecule has 3 rings (SSSR count). The molecule has 1 unspecified atom stereocenters. The lowest BCUT2D eigenvalue weighted by molar-refractivity contribution is 0.168.